The summed E-state index contributed by atoms with van der Waals surface area (Å²) in [7, 11) is 0. The number of thiophene rings is 2. The molecule has 1 fully saturated rings. The molecule has 1 saturated heterocycles. The van der Waals surface area contributed by atoms with Crippen LogP contribution in [0.15, 0.2) is 57.8 Å². The predicted octanol–water partition coefficient (Wildman–Crippen LogP) is 3.39. The lowest BCUT2D eigenvalue weighted by Gasteiger charge is -2.35. The molecule has 4 rings (SSSR count). The molecule has 1 aliphatic heterocycles. The first-order chi connectivity index (χ1) is 14.2. The lowest BCUT2D eigenvalue weighted by atomic mass is 10.2. The molecule has 29 heavy (non-hydrogen) atoms. The molecule has 3 aromatic heterocycles. The quantitative estimate of drug-likeness (QED) is 0.578. The maximum atomic E-state index is 12.9. The maximum absolute atomic E-state index is 12.9. The summed E-state index contributed by atoms with van der Waals surface area (Å²) in [5, 5.41) is 3.96. The van der Waals surface area contributed by atoms with Gasteiger partial charge in [-0.1, -0.05) is 12.1 Å². The van der Waals surface area contributed by atoms with E-state index < -0.39 is 0 Å². The minimum absolute atomic E-state index is 0.0595. The Labute approximate surface area is 178 Å². The number of hydrogen-bond acceptors (Lipinski definition) is 6. The van der Waals surface area contributed by atoms with Crippen molar-refractivity contribution in [2.24, 2.45) is 0 Å². The van der Waals surface area contributed by atoms with E-state index in [-0.39, 0.29) is 11.8 Å². The highest BCUT2D eigenvalue weighted by atomic mass is 32.1. The van der Waals surface area contributed by atoms with Crippen molar-refractivity contribution < 1.29 is 14.0 Å². The number of nitrogens with zero attached hydrogens (tertiary/aromatic N) is 3. The molecule has 0 unspecified atom stereocenters. The van der Waals surface area contributed by atoms with Crippen LogP contribution in [0.2, 0.25) is 0 Å². The Hall–Kier alpha value is -2.42. The average Bonchev–Trinajstić information content (AvgIpc) is 3.51. The highest BCUT2D eigenvalue weighted by Gasteiger charge is 2.26. The Balaban J connectivity index is 1.33. The van der Waals surface area contributed by atoms with Crippen LogP contribution >= 0.6 is 22.7 Å². The molecule has 4 heterocycles. The topological polar surface area (TPSA) is 57.0 Å². The smallest absolute Gasteiger partial charge is 0.264 e. The molecule has 0 atom stereocenters. The molecule has 6 nitrogen and oxygen atoms in total. The summed E-state index contributed by atoms with van der Waals surface area (Å²) in [5.41, 5.74) is 0. The molecule has 0 spiro atoms. The van der Waals surface area contributed by atoms with E-state index in [2.05, 4.69) is 11.0 Å². The molecule has 0 N–H and O–H groups in total. The van der Waals surface area contributed by atoms with Crippen molar-refractivity contribution in [3.05, 3.63) is 68.9 Å². The minimum atomic E-state index is 0.0595. The van der Waals surface area contributed by atoms with Gasteiger partial charge >= 0.3 is 0 Å². The molecule has 152 valence electrons. The second kappa shape index (κ2) is 9.39. The lowest BCUT2D eigenvalue weighted by molar-refractivity contribution is -0.134. The van der Waals surface area contributed by atoms with Crippen LogP contribution in [0, 0.1) is 0 Å². The normalized spacial score (nSPS) is 14.5. The third-order valence-electron chi connectivity index (χ3n) is 4.93. The summed E-state index contributed by atoms with van der Waals surface area (Å²) in [6.07, 6.45) is 1.66. The van der Waals surface area contributed by atoms with E-state index in [9.17, 15) is 9.59 Å². The van der Waals surface area contributed by atoms with Crippen LogP contribution in [0.25, 0.3) is 0 Å². The largest absolute Gasteiger partial charge is 0.468 e. The van der Waals surface area contributed by atoms with E-state index in [1.165, 1.54) is 16.2 Å². The highest BCUT2D eigenvalue weighted by Crippen LogP contribution is 2.17. The fourth-order valence-electron chi connectivity index (χ4n) is 3.42. The van der Waals surface area contributed by atoms with Gasteiger partial charge in [0, 0.05) is 37.6 Å². The average molecular weight is 430 g/mol. The monoisotopic (exact) mass is 429 g/mol. The fourth-order valence-corrected chi connectivity index (χ4v) is 4.86. The summed E-state index contributed by atoms with van der Waals surface area (Å²) in [4.78, 5) is 33.2. The van der Waals surface area contributed by atoms with Crippen LogP contribution in [0.4, 0.5) is 0 Å². The molecule has 0 radical (unpaired) electrons. The van der Waals surface area contributed by atoms with Gasteiger partial charge in [-0.15, -0.1) is 22.7 Å². The van der Waals surface area contributed by atoms with Crippen LogP contribution in [-0.2, 0) is 17.9 Å². The lowest BCUT2D eigenvalue weighted by Crippen LogP contribution is -2.52. The number of rotatable bonds is 7. The molecular weight excluding hydrogens is 406 g/mol. The Bertz CT molecular complexity index is 863. The van der Waals surface area contributed by atoms with Crippen molar-refractivity contribution in [2.45, 2.75) is 13.1 Å². The number of furan rings is 1. The van der Waals surface area contributed by atoms with Gasteiger partial charge < -0.3 is 14.2 Å². The van der Waals surface area contributed by atoms with Gasteiger partial charge in [-0.05, 0) is 35.0 Å². The van der Waals surface area contributed by atoms with Gasteiger partial charge in [0.1, 0.15) is 5.76 Å². The van der Waals surface area contributed by atoms with E-state index in [0.29, 0.717) is 45.8 Å². The van der Waals surface area contributed by atoms with Gasteiger partial charge in [-0.25, -0.2) is 0 Å². The number of carbonyl (C=O) groups is 2. The minimum Gasteiger partial charge on any atom is -0.468 e. The first kappa shape index (κ1) is 19.9. The second-order valence-corrected chi connectivity index (χ2v) is 8.93. The zero-order valence-electron chi connectivity index (χ0n) is 16.0. The molecule has 0 aromatic carbocycles. The molecule has 1 aliphatic rings. The van der Waals surface area contributed by atoms with Crippen molar-refractivity contribution in [2.75, 3.05) is 32.7 Å². The molecule has 8 heteroatoms. The zero-order chi connectivity index (χ0) is 20.1. The summed E-state index contributed by atoms with van der Waals surface area (Å²) in [6, 6.07) is 11.6. The van der Waals surface area contributed by atoms with Crippen molar-refractivity contribution in [3.8, 4) is 0 Å². The van der Waals surface area contributed by atoms with E-state index >= 15 is 0 Å². The molecule has 0 saturated carbocycles. The SMILES string of the molecule is O=C(CN(Cc1ccco1)Cc1cccs1)N1CCN(C(=O)c2cccs2)CC1. The van der Waals surface area contributed by atoms with Crippen LogP contribution in [-0.4, -0.2) is 59.2 Å². The van der Waals surface area contributed by atoms with Crippen molar-refractivity contribution in [3.63, 3.8) is 0 Å². The summed E-state index contributed by atoms with van der Waals surface area (Å²) in [5.74, 6) is 1.00. The Morgan fingerprint density at radius 1 is 0.931 bits per heavy atom. The first-order valence-electron chi connectivity index (χ1n) is 9.57. The summed E-state index contributed by atoms with van der Waals surface area (Å²) < 4.78 is 5.48. The van der Waals surface area contributed by atoms with Crippen LogP contribution < -0.4 is 0 Å². The molecule has 0 bridgehead atoms. The Morgan fingerprint density at radius 3 is 2.34 bits per heavy atom. The van der Waals surface area contributed by atoms with Gasteiger partial charge in [-0.2, -0.15) is 0 Å². The van der Waals surface area contributed by atoms with E-state index in [0.717, 1.165) is 10.6 Å². The van der Waals surface area contributed by atoms with Gasteiger partial charge in [0.2, 0.25) is 5.91 Å². The van der Waals surface area contributed by atoms with Crippen LogP contribution in [0.1, 0.15) is 20.3 Å². The molecule has 0 aliphatic carbocycles. The third-order valence-corrected chi connectivity index (χ3v) is 6.65. The van der Waals surface area contributed by atoms with Gasteiger partial charge in [0.05, 0.1) is 24.2 Å². The maximum Gasteiger partial charge on any atom is 0.264 e. The van der Waals surface area contributed by atoms with Crippen molar-refractivity contribution in [1.82, 2.24) is 14.7 Å². The molecule has 2 amide bonds. The van der Waals surface area contributed by atoms with E-state index in [1.54, 1.807) is 17.6 Å². The molecule has 3 aromatic rings. The Morgan fingerprint density at radius 2 is 1.69 bits per heavy atom. The fraction of sp³-hybridized carbons (Fsp3) is 0.333. The predicted molar refractivity (Wildman–Crippen MR) is 114 cm³/mol. The third kappa shape index (κ3) is 5.14. The summed E-state index contributed by atoms with van der Waals surface area (Å²) in [6.45, 7) is 3.93. The van der Waals surface area contributed by atoms with E-state index in [1.807, 2.05) is 50.9 Å². The van der Waals surface area contributed by atoms with Crippen molar-refractivity contribution in [1.29, 1.82) is 0 Å². The number of hydrogen-bond donors (Lipinski definition) is 0. The summed E-state index contributed by atoms with van der Waals surface area (Å²) >= 11 is 3.15. The highest BCUT2D eigenvalue weighted by molar-refractivity contribution is 7.12. The number of piperazine rings is 1. The number of amides is 2. The van der Waals surface area contributed by atoms with Crippen LogP contribution in [0.3, 0.4) is 0 Å². The van der Waals surface area contributed by atoms with E-state index in [4.69, 9.17) is 4.42 Å². The van der Waals surface area contributed by atoms with Gasteiger partial charge in [0.15, 0.2) is 0 Å². The zero-order valence-corrected chi connectivity index (χ0v) is 17.7. The first-order valence-corrected chi connectivity index (χ1v) is 11.3. The van der Waals surface area contributed by atoms with Crippen LogP contribution in [0.5, 0.6) is 0 Å². The second-order valence-electron chi connectivity index (χ2n) is 6.95. The van der Waals surface area contributed by atoms with Gasteiger partial charge in [-0.3, -0.25) is 14.5 Å². The Kier molecular flexibility index (Phi) is 6.43. The molecular formula is C21H23N3O3S2. The number of carbonyl (C=O) groups excluding carboxylic acids is 2. The van der Waals surface area contributed by atoms with Crippen molar-refractivity contribution >= 4 is 34.5 Å². The van der Waals surface area contributed by atoms with Gasteiger partial charge in [0.25, 0.3) is 5.91 Å². The standard InChI is InChI=1S/C21H23N3O3S2/c25-20(23-7-9-24(10-8-23)21(26)19-6-3-13-29-19)16-22(14-17-4-1-11-27-17)15-18-5-2-12-28-18/h1-6,11-13H,7-10,14-16H2.